The molecule has 0 aliphatic rings. The van der Waals surface area contributed by atoms with E-state index >= 15 is 0 Å². The van der Waals surface area contributed by atoms with Crippen LogP contribution in [0, 0.1) is 10.1 Å². The summed E-state index contributed by atoms with van der Waals surface area (Å²) in [7, 11) is 0. The summed E-state index contributed by atoms with van der Waals surface area (Å²) in [5.41, 5.74) is 0.314. The zero-order valence-electron chi connectivity index (χ0n) is 11.6. The molecule has 110 valence electrons. The van der Waals surface area contributed by atoms with E-state index in [0.717, 1.165) is 0 Å². The maximum Gasteiger partial charge on any atom is 0.271 e. The number of amides is 1. The van der Waals surface area contributed by atoms with Crippen molar-refractivity contribution in [1.29, 1.82) is 0 Å². The van der Waals surface area contributed by atoms with Gasteiger partial charge in [0.1, 0.15) is 0 Å². The van der Waals surface area contributed by atoms with E-state index in [4.69, 9.17) is 5.11 Å². The summed E-state index contributed by atoms with van der Waals surface area (Å²) >= 11 is 0. The molecule has 2 N–H and O–H groups in total. The number of non-ortho nitro benzene ring substituents is 1. The molecule has 1 atom stereocenters. The van der Waals surface area contributed by atoms with Crippen molar-refractivity contribution in [3.63, 3.8) is 0 Å². The molecule has 0 spiro atoms. The molecule has 20 heavy (non-hydrogen) atoms. The van der Waals surface area contributed by atoms with Crippen molar-refractivity contribution < 1.29 is 14.8 Å². The number of anilines is 1. The van der Waals surface area contributed by atoms with E-state index < -0.39 is 11.0 Å². The second-order valence-electron chi connectivity index (χ2n) is 4.32. The maximum atomic E-state index is 12.1. The van der Waals surface area contributed by atoms with Crippen LogP contribution in [0.15, 0.2) is 24.3 Å². The normalized spacial score (nSPS) is 12.2. The third kappa shape index (κ3) is 4.29. The molecule has 0 fully saturated rings. The number of benzene rings is 1. The van der Waals surface area contributed by atoms with Gasteiger partial charge in [0.05, 0.1) is 17.6 Å². The topological polar surface area (TPSA) is 95.7 Å². The van der Waals surface area contributed by atoms with Gasteiger partial charge in [0.2, 0.25) is 5.91 Å². The number of aliphatic hydroxyl groups excluding tert-OH is 1. The number of rotatable bonds is 7. The predicted molar refractivity (Wildman–Crippen MR) is 75.5 cm³/mol. The summed E-state index contributed by atoms with van der Waals surface area (Å²) in [4.78, 5) is 24.0. The Balaban J connectivity index is 2.74. The largest absolute Gasteiger partial charge is 0.395 e. The Labute approximate surface area is 117 Å². The van der Waals surface area contributed by atoms with Crippen LogP contribution in [-0.4, -0.2) is 46.6 Å². The average molecular weight is 281 g/mol. The van der Waals surface area contributed by atoms with Crippen LogP contribution < -0.4 is 5.32 Å². The van der Waals surface area contributed by atoms with Gasteiger partial charge in [-0.25, -0.2) is 0 Å². The highest BCUT2D eigenvalue weighted by Crippen LogP contribution is 2.17. The van der Waals surface area contributed by atoms with Crippen molar-refractivity contribution >= 4 is 17.3 Å². The Bertz CT molecular complexity index is 478. The van der Waals surface area contributed by atoms with E-state index in [1.165, 1.54) is 18.2 Å². The fourth-order valence-electron chi connectivity index (χ4n) is 1.86. The van der Waals surface area contributed by atoms with Crippen molar-refractivity contribution in [2.75, 3.05) is 25.0 Å². The highest BCUT2D eigenvalue weighted by Gasteiger charge is 2.20. The van der Waals surface area contributed by atoms with E-state index in [2.05, 4.69) is 5.32 Å². The summed E-state index contributed by atoms with van der Waals surface area (Å²) in [6.45, 7) is 4.63. The molecule has 1 aromatic carbocycles. The lowest BCUT2D eigenvalue weighted by Gasteiger charge is -2.25. The minimum Gasteiger partial charge on any atom is -0.395 e. The minimum atomic E-state index is -0.511. The van der Waals surface area contributed by atoms with Gasteiger partial charge in [-0.3, -0.25) is 19.8 Å². The lowest BCUT2D eigenvalue weighted by atomic mass is 10.2. The first kappa shape index (κ1) is 16.1. The summed E-state index contributed by atoms with van der Waals surface area (Å²) in [6, 6.07) is 5.37. The smallest absolute Gasteiger partial charge is 0.271 e. The Morgan fingerprint density at radius 3 is 2.80 bits per heavy atom. The predicted octanol–water partition coefficient (Wildman–Crippen LogP) is 1.24. The Morgan fingerprint density at radius 1 is 1.55 bits per heavy atom. The van der Waals surface area contributed by atoms with Gasteiger partial charge in [0.15, 0.2) is 0 Å². The molecule has 0 saturated heterocycles. The molecule has 1 unspecified atom stereocenters. The van der Waals surface area contributed by atoms with Crippen LogP contribution in [-0.2, 0) is 4.79 Å². The molecular formula is C13H19N3O4. The van der Waals surface area contributed by atoms with Gasteiger partial charge in [0, 0.05) is 24.4 Å². The summed E-state index contributed by atoms with van der Waals surface area (Å²) in [5, 5.41) is 22.3. The van der Waals surface area contributed by atoms with Gasteiger partial charge >= 0.3 is 0 Å². The molecule has 0 aliphatic heterocycles. The van der Waals surface area contributed by atoms with Gasteiger partial charge in [-0.15, -0.1) is 0 Å². The van der Waals surface area contributed by atoms with E-state index in [1.807, 2.05) is 11.8 Å². The van der Waals surface area contributed by atoms with Crippen LogP contribution in [0.3, 0.4) is 0 Å². The van der Waals surface area contributed by atoms with Gasteiger partial charge < -0.3 is 10.4 Å². The highest BCUT2D eigenvalue weighted by atomic mass is 16.6. The Hall–Kier alpha value is -1.99. The van der Waals surface area contributed by atoms with Gasteiger partial charge in [-0.1, -0.05) is 13.0 Å². The number of hydrogen-bond donors (Lipinski definition) is 2. The number of carbonyl (C=O) groups is 1. The molecule has 0 aromatic heterocycles. The van der Waals surface area contributed by atoms with Crippen LogP contribution >= 0.6 is 0 Å². The van der Waals surface area contributed by atoms with E-state index in [1.54, 1.807) is 13.0 Å². The summed E-state index contributed by atoms with van der Waals surface area (Å²) in [5.74, 6) is -0.263. The van der Waals surface area contributed by atoms with Crippen molar-refractivity contribution in [2.45, 2.75) is 19.9 Å². The monoisotopic (exact) mass is 281 g/mol. The summed E-state index contributed by atoms with van der Waals surface area (Å²) in [6.07, 6.45) is 0. The second kappa shape index (κ2) is 7.56. The number of nitro groups is 1. The fourth-order valence-corrected chi connectivity index (χ4v) is 1.86. The number of nitrogens with zero attached hydrogens (tertiary/aromatic N) is 2. The minimum absolute atomic E-state index is 0.0255. The number of hydrogen-bond acceptors (Lipinski definition) is 5. The summed E-state index contributed by atoms with van der Waals surface area (Å²) < 4.78 is 0. The molecular weight excluding hydrogens is 262 g/mol. The van der Waals surface area contributed by atoms with Gasteiger partial charge in [0.25, 0.3) is 5.69 Å². The molecule has 0 saturated carbocycles. The number of aliphatic hydroxyl groups is 1. The second-order valence-corrected chi connectivity index (χ2v) is 4.32. The fraction of sp³-hybridized carbons (Fsp3) is 0.462. The van der Waals surface area contributed by atoms with Crippen molar-refractivity contribution in [3.8, 4) is 0 Å². The quantitative estimate of drug-likeness (QED) is 0.579. The first-order chi connectivity index (χ1) is 9.49. The van der Waals surface area contributed by atoms with Crippen molar-refractivity contribution in [3.05, 3.63) is 34.4 Å². The number of nitrogens with one attached hydrogen (secondary N) is 1. The van der Waals surface area contributed by atoms with E-state index in [9.17, 15) is 14.9 Å². The number of likely N-dealkylation sites (N-methyl/N-ethyl adjacent to an activating group) is 1. The molecule has 0 radical (unpaired) electrons. The number of nitro benzene ring substituents is 1. The van der Waals surface area contributed by atoms with Crippen LogP contribution in [0.2, 0.25) is 0 Å². The zero-order chi connectivity index (χ0) is 15.1. The molecule has 0 bridgehead atoms. The van der Waals surface area contributed by atoms with Crippen LogP contribution in [0.1, 0.15) is 13.8 Å². The molecule has 1 rings (SSSR count). The Kier molecular flexibility index (Phi) is 6.08. The lowest BCUT2D eigenvalue weighted by molar-refractivity contribution is -0.384. The number of carbonyl (C=O) groups excluding carboxylic acids is 1. The standard InChI is InChI=1S/C13H19N3O4/c1-3-15(7-8-17)10(2)13(18)14-11-5-4-6-12(9-11)16(19)20/h4-6,9-10,17H,3,7-8H2,1-2H3,(H,14,18). The van der Waals surface area contributed by atoms with Gasteiger partial charge in [-0.05, 0) is 19.5 Å². The van der Waals surface area contributed by atoms with Crippen LogP contribution in [0.5, 0.6) is 0 Å². The van der Waals surface area contributed by atoms with E-state index in [0.29, 0.717) is 18.8 Å². The molecule has 7 heteroatoms. The molecule has 7 nitrogen and oxygen atoms in total. The first-order valence-electron chi connectivity index (χ1n) is 6.39. The molecule has 1 amide bonds. The third-order valence-electron chi connectivity index (χ3n) is 3.05. The van der Waals surface area contributed by atoms with Crippen molar-refractivity contribution in [1.82, 2.24) is 4.90 Å². The van der Waals surface area contributed by atoms with Gasteiger partial charge in [-0.2, -0.15) is 0 Å². The lowest BCUT2D eigenvalue weighted by Crippen LogP contribution is -2.43. The molecule has 0 aliphatic carbocycles. The Morgan fingerprint density at radius 2 is 2.25 bits per heavy atom. The van der Waals surface area contributed by atoms with E-state index in [-0.39, 0.29) is 18.2 Å². The molecule has 0 heterocycles. The highest BCUT2D eigenvalue weighted by molar-refractivity contribution is 5.94. The maximum absolute atomic E-state index is 12.1. The third-order valence-corrected chi connectivity index (χ3v) is 3.05. The average Bonchev–Trinajstić information content (AvgIpc) is 2.44. The van der Waals surface area contributed by atoms with Crippen molar-refractivity contribution in [2.24, 2.45) is 0 Å². The van der Waals surface area contributed by atoms with Crippen LogP contribution in [0.4, 0.5) is 11.4 Å². The first-order valence-corrected chi connectivity index (χ1v) is 6.39. The molecule has 1 aromatic rings. The zero-order valence-corrected chi connectivity index (χ0v) is 11.6. The van der Waals surface area contributed by atoms with Crippen LogP contribution in [0.25, 0.3) is 0 Å². The SMILES string of the molecule is CCN(CCO)C(C)C(=O)Nc1cccc([N+](=O)[O-])c1.